The highest BCUT2D eigenvalue weighted by Crippen LogP contribution is 2.18. The fourth-order valence-electron chi connectivity index (χ4n) is 3.60. The molecule has 1 saturated heterocycles. The maximum absolute atomic E-state index is 10.6. The van der Waals surface area contributed by atoms with Crippen LogP contribution in [0.4, 0.5) is 0 Å². The van der Waals surface area contributed by atoms with Crippen molar-refractivity contribution >= 4 is 11.0 Å². The van der Waals surface area contributed by atoms with E-state index in [1.54, 1.807) is 0 Å². The number of aliphatic hydroxyl groups is 1. The third-order valence-corrected chi connectivity index (χ3v) is 4.41. The molecule has 2 aromatic rings. The van der Waals surface area contributed by atoms with E-state index in [2.05, 4.69) is 41.3 Å². The molecule has 1 aliphatic rings. The lowest BCUT2D eigenvalue weighted by Crippen LogP contribution is -2.48. The van der Waals surface area contributed by atoms with Gasteiger partial charge >= 0.3 is 0 Å². The molecule has 0 aliphatic carbocycles. The number of imidazole rings is 1. The molecule has 5 heteroatoms. The van der Waals surface area contributed by atoms with Gasteiger partial charge in [-0.05, 0) is 26.0 Å². The molecule has 1 N–H and O–H groups in total. The number of hydrogen-bond donors (Lipinski definition) is 1. The second-order valence-corrected chi connectivity index (χ2v) is 6.61. The predicted octanol–water partition coefficient (Wildman–Crippen LogP) is 2.07. The average Bonchev–Trinajstić information content (AvgIpc) is 2.84. The van der Waals surface area contributed by atoms with Crippen LogP contribution in [0.25, 0.3) is 11.0 Å². The van der Waals surface area contributed by atoms with Crippen LogP contribution in [0.5, 0.6) is 0 Å². The predicted molar refractivity (Wildman–Crippen MR) is 91.6 cm³/mol. The number of rotatable bonds is 5. The molecular weight excluding hydrogens is 290 g/mol. The highest BCUT2D eigenvalue weighted by atomic mass is 16.5. The highest BCUT2D eigenvalue weighted by molar-refractivity contribution is 5.75. The second-order valence-electron chi connectivity index (χ2n) is 6.61. The summed E-state index contributed by atoms with van der Waals surface area (Å²) in [5, 5.41) is 10.6. The Bertz CT molecular complexity index is 645. The third-order valence-electron chi connectivity index (χ3n) is 4.41. The van der Waals surface area contributed by atoms with E-state index < -0.39 is 6.10 Å². The van der Waals surface area contributed by atoms with Crippen molar-refractivity contribution in [2.75, 3.05) is 19.6 Å². The van der Waals surface area contributed by atoms with Crippen molar-refractivity contribution in [3.8, 4) is 0 Å². The lowest BCUT2D eigenvalue weighted by molar-refractivity contribution is -0.0772. The Hall–Kier alpha value is -1.43. The summed E-state index contributed by atoms with van der Waals surface area (Å²) >= 11 is 0. The van der Waals surface area contributed by atoms with Gasteiger partial charge in [0.25, 0.3) is 0 Å². The smallest absolute Gasteiger partial charge is 0.109 e. The minimum atomic E-state index is -0.407. The Balaban J connectivity index is 1.71. The molecule has 3 rings (SSSR count). The molecule has 3 unspecified atom stereocenters. The molecule has 2 heterocycles. The van der Waals surface area contributed by atoms with E-state index in [0.717, 1.165) is 36.4 Å². The van der Waals surface area contributed by atoms with Crippen molar-refractivity contribution in [2.45, 2.75) is 52.0 Å². The number of β-amino-alcohol motifs (C(OH)–C–C–N with tert-alkyl or cyclic N) is 1. The minimum Gasteiger partial charge on any atom is -0.390 e. The molecule has 0 spiro atoms. The Kier molecular flexibility index (Phi) is 4.99. The van der Waals surface area contributed by atoms with Gasteiger partial charge < -0.3 is 14.4 Å². The lowest BCUT2D eigenvalue weighted by atomic mass is 10.2. The van der Waals surface area contributed by atoms with Crippen LogP contribution >= 0.6 is 0 Å². The second kappa shape index (κ2) is 6.99. The Morgan fingerprint density at radius 2 is 1.91 bits per heavy atom. The van der Waals surface area contributed by atoms with Gasteiger partial charge in [0.2, 0.25) is 0 Å². The maximum Gasteiger partial charge on any atom is 0.109 e. The number of nitrogens with zero attached hydrogens (tertiary/aromatic N) is 3. The number of aryl methyl sites for hydroxylation is 1. The molecule has 0 radical (unpaired) electrons. The van der Waals surface area contributed by atoms with Crippen molar-refractivity contribution in [3.63, 3.8) is 0 Å². The maximum atomic E-state index is 10.6. The molecule has 126 valence electrons. The van der Waals surface area contributed by atoms with Crippen LogP contribution < -0.4 is 0 Å². The van der Waals surface area contributed by atoms with E-state index >= 15 is 0 Å². The number of aliphatic hydroxyl groups excluding tert-OH is 1. The zero-order valence-corrected chi connectivity index (χ0v) is 14.3. The Morgan fingerprint density at radius 3 is 2.61 bits per heavy atom. The van der Waals surface area contributed by atoms with Crippen molar-refractivity contribution < 1.29 is 9.84 Å². The van der Waals surface area contributed by atoms with Gasteiger partial charge in [0.1, 0.15) is 5.82 Å². The molecule has 0 bridgehead atoms. The van der Waals surface area contributed by atoms with Crippen LogP contribution in [0.3, 0.4) is 0 Å². The highest BCUT2D eigenvalue weighted by Gasteiger charge is 2.24. The number of ether oxygens (including phenoxy) is 1. The number of fused-ring (bicyclic) bond motifs is 1. The van der Waals surface area contributed by atoms with E-state index in [9.17, 15) is 5.11 Å². The summed E-state index contributed by atoms with van der Waals surface area (Å²) in [4.78, 5) is 6.97. The molecule has 0 saturated carbocycles. The zero-order chi connectivity index (χ0) is 16.4. The van der Waals surface area contributed by atoms with E-state index in [0.29, 0.717) is 13.1 Å². The molecule has 1 fully saturated rings. The molecule has 23 heavy (non-hydrogen) atoms. The fourth-order valence-corrected chi connectivity index (χ4v) is 3.60. The summed E-state index contributed by atoms with van der Waals surface area (Å²) in [7, 11) is 0. The van der Waals surface area contributed by atoms with Crippen molar-refractivity contribution in [1.29, 1.82) is 0 Å². The summed E-state index contributed by atoms with van der Waals surface area (Å²) in [6.07, 6.45) is 0.917. The van der Waals surface area contributed by atoms with Crippen LogP contribution in [0.2, 0.25) is 0 Å². The first-order valence-corrected chi connectivity index (χ1v) is 8.56. The summed E-state index contributed by atoms with van der Waals surface area (Å²) < 4.78 is 7.92. The van der Waals surface area contributed by atoms with Gasteiger partial charge in [-0.15, -0.1) is 0 Å². The van der Waals surface area contributed by atoms with Crippen LogP contribution in [0.1, 0.15) is 26.6 Å². The first-order chi connectivity index (χ1) is 11.1. The van der Waals surface area contributed by atoms with Gasteiger partial charge in [-0.2, -0.15) is 0 Å². The minimum absolute atomic E-state index is 0.228. The van der Waals surface area contributed by atoms with Crippen LogP contribution in [-0.4, -0.2) is 57.5 Å². The van der Waals surface area contributed by atoms with Gasteiger partial charge in [0, 0.05) is 26.1 Å². The van der Waals surface area contributed by atoms with Crippen molar-refractivity contribution in [2.24, 2.45) is 0 Å². The van der Waals surface area contributed by atoms with E-state index in [1.165, 1.54) is 0 Å². The number of hydrogen-bond acceptors (Lipinski definition) is 4. The number of aromatic nitrogens is 2. The summed E-state index contributed by atoms with van der Waals surface area (Å²) in [6.45, 7) is 9.31. The van der Waals surface area contributed by atoms with Gasteiger partial charge in [-0.1, -0.05) is 19.1 Å². The van der Waals surface area contributed by atoms with E-state index in [4.69, 9.17) is 4.74 Å². The van der Waals surface area contributed by atoms with Crippen molar-refractivity contribution in [1.82, 2.24) is 14.5 Å². The standard InChI is InChI=1S/C18H27N3O2/c1-4-18-19-16-7-5-6-8-17(16)21(18)12-15(22)11-20-9-13(2)23-14(3)10-20/h5-8,13-15,22H,4,9-12H2,1-3H3. The van der Waals surface area contributed by atoms with Gasteiger partial charge in [0.15, 0.2) is 0 Å². The Labute approximate surface area is 137 Å². The summed E-state index contributed by atoms with van der Waals surface area (Å²) in [5.41, 5.74) is 2.11. The third kappa shape index (κ3) is 3.74. The molecule has 1 aliphatic heterocycles. The molecule has 0 amide bonds. The Morgan fingerprint density at radius 1 is 1.22 bits per heavy atom. The lowest BCUT2D eigenvalue weighted by Gasteiger charge is -2.36. The van der Waals surface area contributed by atoms with Crippen LogP contribution in [0.15, 0.2) is 24.3 Å². The first kappa shape index (κ1) is 16.4. The van der Waals surface area contributed by atoms with Crippen molar-refractivity contribution in [3.05, 3.63) is 30.1 Å². The van der Waals surface area contributed by atoms with E-state index in [-0.39, 0.29) is 12.2 Å². The largest absolute Gasteiger partial charge is 0.390 e. The number of benzene rings is 1. The van der Waals surface area contributed by atoms with Gasteiger partial charge in [-0.25, -0.2) is 4.98 Å². The molecular formula is C18H27N3O2. The summed E-state index contributed by atoms with van der Waals surface area (Å²) in [6, 6.07) is 8.14. The number of morpholine rings is 1. The van der Waals surface area contributed by atoms with Crippen LogP contribution in [0, 0.1) is 0 Å². The average molecular weight is 317 g/mol. The van der Waals surface area contributed by atoms with E-state index in [1.807, 2.05) is 18.2 Å². The monoisotopic (exact) mass is 317 g/mol. The molecule has 1 aromatic heterocycles. The molecule has 5 nitrogen and oxygen atoms in total. The molecule has 1 aromatic carbocycles. The molecule has 3 atom stereocenters. The normalized spacial score (nSPS) is 24.2. The summed E-state index contributed by atoms with van der Waals surface area (Å²) in [5.74, 6) is 1.04. The zero-order valence-electron chi connectivity index (χ0n) is 14.3. The SMILES string of the molecule is CCc1nc2ccccc2n1CC(O)CN1CC(C)OC(C)C1. The van der Waals surface area contributed by atoms with Gasteiger partial charge in [0.05, 0.1) is 35.9 Å². The fraction of sp³-hybridized carbons (Fsp3) is 0.611. The quantitative estimate of drug-likeness (QED) is 0.917. The van der Waals surface area contributed by atoms with Crippen LogP contribution in [-0.2, 0) is 17.7 Å². The van der Waals surface area contributed by atoms with Gasteiger partial charge in [-0.3, -0.25) is 4.90 Å². The first-order valence-electron chi connectivity index (χ1n) is 8.56. The topological polar surface area (TPSA) is 50.5 Å². The number of para-hydroxylation sites is 2.